The molecule has 2 aromatic rings. The van der Waals surface area contributed by atoms with Crippen LogP contribution in [0.4, 0.5) is 10.7 Å². The summed E-state index contributed by atoms with van der Waals surface area (Å²) in [6.07, 6.45) is -0.423. The molecule has 0 bridgehead atoms. The van der Waals surface area contributed by atoms with Crippen LogP contribution in [0, 0.1) is 13.8 Å². The van der Waals surface area contributed by atoms with Gasteiger partial charge in [-0.1, -0.05) is 0 Å². The highest BCUT2D eigenvalue weighted by molar-refractivity contribution is 7.16. The number of amides is 1. The average molecular weight is 345 g/mol. The molecule has 1 amide bonds. The van der Waals surface area contributed by atoms with Gasteiger partial charge in [0.05, 0.1) is 5.56 Å². The van der Waals surface area contributed by atoms with Gasteiger partial charge in [0.15, 0.2) is 0 Å². The van der Waals surface area contributed by atoms with E-state index in [1.165, 1.54) is 0 Å². The van der Waals surface area contributed by atoms with Crippen LogP contribution in [0.15, 0.2) is 18.2 Å². The van der Waals surface area contributed by atoms with Gasteiger partial charge in [0.25, 0.3) is 5.91 Å². The summed E-state index contributed by atoms with van der Waals surface area (Å²) in [5.74, 6) is 0.0912. The maximum absolute atomic E-state index is 12.4. The molecule has 3 N–H and O–H groups in total. The summed E-state index contributed by atoms with van der Waals surface area (Å²) < 4.78 is 0. The Labute approximate surface area is 146 Å². The highest BCUT2D eigenvalue weighted by atomic mass is 32.1. The van der Waals surface area contributed by atoms with E-state index >= 15 is 0 Å². The first-order valence-corrected chi connectivity index (χ1v) is 9.03. The average Bonchev–Trinajstić information content (AvgIpc) is 2.83. The van der Waals surface area contributed by atoms with Gasteiger partial charge in [-0.3, -0.25) is 4.79 Å². The number of carbonyl (C=O) groups is 1. The minimum absolute atomic E-state index is 0.0946. The Bertz CT molecular complexity index is 781. The van der Waals surface area contributed by atoms with Crippen LogP contribution in [0.3, 0.4) is 0 Å². The molecule has 0 saturated carbocycles. The number of rotatable bonds is 4. The van der Waals surface area contributed by atoms with E-state index in [1.807, 2.05) is 26.0 Å². The van der Waals surface area contributed by atoms with Crippen LogP contribution in [-0.2, 0) is 0 Å². The number of aryl methyl sites for hydroxylation is 1. The Morgan fingerprint density at radius 2 is 1.92 bits per heavy atom. The summed E-state index contributed by atoms with van der Waals surface area (Å²) in [4.78, 5) is 15.7. The van der Waals surface area contributed by atoms with Crippen molar-refractivity contribution in [1.82, 2.24) is 5.32 Å². The van der Waals surface area contributed by atoms with E-state index in [4.69, 9.17) is 0 Å². The zero-order chi connectivity index (χ0) is 17.4. The Balaban J connectivity index is 1.92. The summed E-state index contributed by atoms with van der Waals surface area (Å²) in [6.45, 7) is 9.90. The van der Waals surface area contributed by atoms with Crippen molar-refractivity contribution in [2.45, 2.75) is 33.9 Å². The topological polar surface area (TPSA) is 64.6 Å². The number of phenols is 1. The van der Waals surface area contributed by atoms with Crippen molar-refractivity contribution in [2.75, 3.05) is 23.3 Å². The number of thiophene rings is 1. The van der Waals surface area contributed by atoms with Gasteiger partial charge in [-0.25, -0.2) is 0 Å². The lowest BCUT2D eigenvalue weighted by Gasteiger charge is -2.28. The Morgan fingerprint density at radius 1 is 1.21 bits per heavy atom. The van der Waals surface area contributed by atoms with E-state index in [0.717, 1.165) is 34.2 Å². The number of nitrogens with zero attached hydrogens (tertiary/aromatic N) is 1. The van der Waals surface area contributed by atoms with Crippen LogP contribution in [0.25, 0.3) is 0 Å². The molecular formula is C18H23N3O2S. The highest BCUT2D eigenvalue weighted by Gasteiger charge is 2.30. The minimum Gasteiger partial charge on any atom is -0.507 e. The molecule has 1 aliphatic rings. The van der Waals surface area contributed by atoms with Crippen LogP contribution >= 0.6 is 11.3 Å². The molecule has 1 atom stereocenters. The zero-order valence-corrected chi connectivity index (χ0v) is 15.3. The summed E-state index contributed by atoms with van der Waals surface area (Å²) in [5, 5.41) is 17.6. The normalized spacial score (nSPS) is 16.3. The van der Waals surface area contributed by atoms with Gasteiger partial charge >= 0.3 is 0 Å². The fourth-order valence-corrected chi connectivity index (χ4v) is 4.18. The van der Waals surface area contributed by atoms with E-state index in [9.17, 15) is 9.90 Å². The molecule has 6 heteroatoms. The molecule has 1 aromatic carbocycles. The van der Waals surface area contributed by atoms with E-state index < -0.39 is 6.17 Å². The first kappa shape index (κ1) is 16.6. The van der Waals surface area contributed by atoms with E-state index in [1.54, 1.807) is 17.4 Å². The molecule has 1 unspecified atom stereocenters. The molecule has 0 saturated heterocycles. The summed E-state index contributed by atoms with van der Waals surface area (Å²) >= 11 is 1.58. The third-order valence-electron chi connectivity index (χ3n) is 4.62. The first-order valence-electron chi connectivity index (χ1n) is 8.21. The predicted octanol–water partition coefficient (Wildman–Crippen LogP) is 3.77. The van der Waals surface area contributed by atoms with Gasteiger partial charge < -0.3 is 20.6 Å². The summed E-state index contributed by atoms with van der Waals surface area (Å²) in [7, 11) is 0. The maximum Gasteiger partial charge on any atom is 0.256 e. The van der Waals surface area contributed by atoms with Crippen molar-refractivity contribution >= 4 is 27.9 Å². The van der Waals surface area contributed by atoms with Crippen LogP contribution < -0.4 is 15.5 Å². The van der Waals surface area contributed by atoms with E-state index in [-0.39, 0.29) is 11.7 Å². The quantitative estimate of drug-likeness (QED) is 0.789. The van der Waals surface area contributed by atoms with Crippen LogP contribution in [0.1, 0.15) is 46.4 Å². The second-order valence-corrected chi connectivity index (χ2v) is 7.18. The number of hydrogen-bond donors (Lipinski definition) is 3. The molecule has 0 aliphatic carbocycles. The molecular weight excluding hydrogens is 322 g/mol. The van der Waals surface area contributed by atoms with Crippen molar-refractivity contribution in [3.05, 3.63) is 39.8 Å². The van der Waals surface area contributed by atoms with Gasteiger partial charge in [0.2, 0.25) is 0 Å². The van der Waals surface area contributed by atoms with E-state index in [0.29, 0.717) is 11.1 Å². The number of benzene rings is 1. The Hall–Kier alpha value is -2.21. The molecule has 2 heterocycles. The maximum atomic E-state index is 12.4. The van der Waals surface area contributed by atoms with Crippen molar-refractivity contribution < 1.29 is 9.90 Å². The molecule has 0 fully saturated rings. The number of phenolic OH excluding ortho intramolecular Hbond substituents is 1. The zero-order valence-electron chi connectivity index (χ0n) is 14.4. The van der Waals surface area contributed by atoms with Crippen LogP contribution in [0.5, 0.6) is 5.75 Å². The number of carbonyl (C=O) groups excluding carboxylic acids is 1. The van der Waals surface area contributed by atoms with Crippen molar-refractivity contribution in [3.63, 3.8) is 0 Å². The monoisotopic (exact) mass is 345 g/mol. The van der Waals surface area contributed by atoms with E-state index in [2.05, 4.69) is 29.4 Å². The highest BCUT2D eigenvalue weighted by Crippen LogP contribution is 2.39. The van der Waals surface area contributed by atoms with Gasteiger partial charge in [-0.2, -0.15) is 0 Å². The standard InChI is InChI=1S/C18H23N3O2S/c1-5-21(6-2)12-7-8-13(14(22)9-12)16-19-17(23)15-10(3)11(4)24-18(15)20-16/h7-9,16,20,22H,5-6H2,1-4H3,(H,19,23). The molecule has 0 radical (unpaired) electrons. The molecule has 0 spiro atoms. The fourth-order valence-electron chi connectivity index (χ4n) is 3.09. The third-order valence-corrected chi connectivity index (χ3v) is 5.76. The number of fused-ring (bicyclic) bond motifs is 1. The summed E-state index contributed by atoms with van der Waals surface area (Å²) in [5.41, 5.74) is 3.38. The van der Waals surface area contributed by atoms with Crippen LogP contribution in [0.2, 0.25) is 0 Å². The molecule has 1 aliphatic heterocycles. The number of anilines is 2. The molecule has 5 nitrogen and oxygen atoms in total. The first-order chi connectivity index (χ1) is 11.5. The largest absolute Gasteiger partial charge is 0.507 e. The minimum atomic E-state index is -0.423. The fraction of sp³-hybridized carbons (Fsp3) is 0.389. The lowest BCUT2D eigenvalue weighted by Crippen LogP contribution is -2.38. The summed E-state index contributed by atoms with van der Waals surface area (Å²) in [6, 6.07) is 5.62. The second kappa shape index (κ2) is 6.36. The number of aromatic hydroxyl groups is 1. The van der Waals surface area contributed by atoms with Gasteiger partial charge in [0, 0.05) is 35.3 Å². The third kappa shape index (κ3) is 2.71. The smallest absolute Gasteiger partial charge is 0.256 e. The van der Waals surface area contributed by atoms with Crippen LogP contribution in [-0.4, -0.2) is 24.1 Å². The number of nitrogens with one attached hydrogen (secondary N) is 2. The Kier molecular flexibility index (Phi) is 4.41. The lowest BCUT2D eigenvalue weighted by atomic mass is 10.1. The molecule has 24 heavy (non-hydrogen) atoms. The SMILES string of the molecule is CCN(CC)c1ccc(C2NC(=O)c3c(sc(C)c3C)N2)c(O)c1. The van der Waals surface area contributed by atoms with Crippen molar-refractivity contribution in [3.8, 4) is 5.75 Å². The van der Waals surface area contributed by atoms with Gasteiger partial charge in [0.1, 0.15) is 16.9 Å². The number of hydrogen-bond acceptors (Lipinski definition) is 5. The van der Waals surface area contributed by atoms with Gasteiger partial charge in [-0.05, 0) is 45.4 Å². The van der Waals surface area contributed by atoms with Crippen molar-refractivity contribution in [2.24, 2.45) is 0 Å². The second-order valence-electron chi connectivity index (χ2n) is 5.95. The predicted molar refractivity (Wildman–Crippen MR) is 99.3 cm³/mol. The van der Waals surface area contributed by atoms with Gasteiger partial charge in [-0.15, -0.1) is 11.3 Å². The molecule has 3 rings (SSSR count). The lowest BCUT2D eigenvalue weighted by molar-refractivity contribution is 0.0935. The van der Waals surface area contributed by atoms with Crippen molar-refractivity contribution in [1.29, 1.82) is 0 Å². The molecule has 1 aromatic heterocycles. The molecule has 128 valence electrons. The Morgan fingerprint density at radius 3 is 2.54 bits per heavy atom.